The molecule has 0 radical (unpaired) electrons. The summed E-state index contributed by atoms with van der Waals surface area (Å²) in [7, 11) is -1.88. The van der Waals surface area contributed by atoms with Crippen LogP contribution in [-0.2, 0) is 21.8 Å². The Labute approximate surface area is 119 Å². The summed E-state index contributed by atoms with van der Waals surface area (Å²) in [6.07, 6.45) is 1.58. The lowest BCUT2D eigenvalue weighted by atomic mass is 10.1. The van der Waals surface area contributed by atoms with E-state index in [2.05, 4.69) is 5.10 Å². The molecule has 7 nitrogen and oxygen atoms in total. The van der Waals surface area contributed by atoms with Crippen LogP contribution >= 0.6 is 0 Å². The van der Waals surface area contributed by atoms with Gasteiger partial charge in [-0.15, -0.1) is 0 Å². The largest absolute Gasteiger partial charge is 0.381 e. The molecule has 0 spiro atoms. The molecule has 0 aliphatic carbocycles. The summed E-state index contributed by atoms with van der Waals surface area (Å²) in [5, 5.41) is 3.98. The van der Waals surface area contributed by atoms with Crippen LogP contribution in [0.4, 0.5) is 5.82 Å². The molecule has 8 heteroatoms. The highest BCUT2D eigenvalue weighted by Crippen LogP contribution is 2.27. The second kappa shape index (κ2) is 5.71. The molecule has 1 aromatic rings. The van der Waals surface area contributed by atoms with Crippen LogP contribution in [0.3, 0.4) is 0 Å². The van der Waals surface area contributed by atoms with Crippen molar-refractivity contribution >= 4 is 15.8 Å². The minimum Gasteiger partial charge on any atom is -0.381 e. The van der Waals surface area contributed by atoms with Gasteiger partial charge in [0, 0.05) is 26.7 Å². The van der Waals surface area contributed by atoms with Crippen molar-refractivity contribution in [1.82, 2.24) is 14.1 Å². The molecule has 1 aliphatic heterocycles. The predicted molar refractivity (Wildman–Crippen MR) is 75.8 cm³/mol. The third-order valence-electron chi connectivity index (χ3n) is 3.71. The number of nitrogens with zero attached hydrogens (tertiary/aromatic N) is 3. The zero-order chi connectivity index (χ0) is 14.9. The van der Waals surface area contributed by atoms with E-state index in [1.54, 1.807) is 14.0 Å². The lowest BCUT2D eigenvalue weighted by molar-refractivity contribution is 0.0290. The van der Waals surface area contributed by atoms with Gasteiger partial charge in [-0.3, -0.25) is 4.68 Å². The minimum atomic E-state index is -3.57. The van der Waals surface area contributed by atoms with E-state index < -0.39 is 10.0 Å². The summed E-state index contributed by atoms with van der Waals surface area (Å²) in [5.74, 6) is 0.0666. The summed E-state index contributed by atoms with van der Waals surface area (Å²) in [6, 6.07) is 0. The van der Waals surface area contributed by atoms with Crippen molar-refractivity contribution in [3.8, 4) is 0 Å². The topological polar surface area (TPSA) is 90.4 Å². The maximum absolute atomic E-state index is 12.7. The fraction of sp³-hybridized carbons (Fsp3) is 0.750. The van der Waals surface area contributed by atoms with Gasteiger partial charge in [-0.1, -0.05) is 0 Å². The molecule has 0 saturated carbocycles. The van der Waals surface area contributed by atoms with Gasteiger partial charge in [0.25, 0.3) is 0 Å². The number of rotatable bonds is 4. The third-order valence-corrected chi connectivity index (χ3v) is 5.77. The Kier molecular flexibility index (Phi) is 4.36. The first kappa shape index (κ1) is 15.3. The highest BCUT2D eigenvalue weighted by Gasteiger charge is 2.33. The minimum absolute atomic E-state index is 0.0666. The maximum Gasteiger partial charge on any atom is 0.248 e. The highest BCUT2D eigenvalue weighted by molar-refractivity contribution is 7.89. The van der Waals surface area contributed by atoms with Crippen molar-refractivity contribution < 1.29 is 13.2 Å². The van der Waals surface area contributed by atoms with E-state index in [0.717, 1.165) is 0 Å². The van der Waals surface area contributed by atoms with E-state index in [0.29, 0.717) is 38.2 Å². The van der Waals surface area contributed by atoms with E-state index in [-0.39, 0.29) is 16.8 Å². The summed E-state index contributed by atoms with van der Waals surface area (Å²) < 4.78 is 33.8. The van der Waals surface area contributed by atoms with Gasteiger partial charge in [0.05, 0.1) is 11.8 Å². The first-order chi connectivity index (χ1) is 9.37. The Hall–Kier alpha value is -1.12. The van der Waals surface area contributed by atoms with Crippen molar-refractivity contribution in [3.05, 3.63) is 5.69 Å². The van der Waals surface area contributed by atoms with Gasteiger partial charge in [0.15, 0.2) is 5.82 Å². The smallest absolute Gasteiger partial charge is 0.248 e. The van der Waals surface area contributed by atoms with Gasteiger partial charge < -0.3 is 10.5 Å². The summed E-state index contributed by atoms with van der Waals surface area (Å²) in [5.41, 5.74) is 6.31. The van der Waals surface area contributed by atoms with Gasteiger partial charge in [-0.2, -0.15) is 9.40 Å². The fourth-order valence-electron chi connectivity index (χ4n) is 2.54. The number of hydrogen-bond acceptors (Lipinski definition) is 5. The van der Waals surface area contributed by atoms with E-state index >= 15 is 0 Å². The number of sulfonamides is 1. The maximum atomic E-state index is 12.7. The molecule has 0 aromatic carbocycles. The highest BCUT2D eigenvalue weighted by atomic mass is 32.2. The zero-order valence-corrected chi connectivity index (χ0v) is 13.0. The van der Waals surface area contributed by atoms with Crippen LogP contribution < -0.4 is 5.73 Å². The summed E-state index contributed by atoms with van der Waals surface area (Å²) in [4.78, 5) is 0.134. The lowest BCUT2D eigenvalue weighted by Crippen LogP contribution is -2.41. The van der Waals surface area contributed by atoms with Crippen molar-refractivity contribution in [1.29, 1.82) is 0 Å². The molecule has 1 saturated heterocycles. The SMILES string of the molecule is CCOC1CCN(S(=O)(=O)c2c(N)nn(C)c2C)CC1. The molecule has 1 fully saturated rings. The molecule has 1 aromatic heterocycles. The van der Waals surface area contributed by atoms with Crippen LogP contribution in [0.5, 0.6) is 0 Å². The van der Waals surface area contributed by atoms with Crippen LogP contribution in [0.1, 0.15) is 25.5 Å². The number of nitrogen functional groups attached to an aromatic ring is 1. The zero-order valence-electron chi connectivity index (χ0n) is 12.2. The molecule has 0 atom stereocenters. The number of aryl methyl sites for hydroxylation is 1. The molecular weight excluding hydrogens is 280 g/mol. The van der Waals surface area contributed by atoms with E-state index in [1.165, 1.54) is 8.99 Å². The van der Waals surface area contributed by atoms with Gasteiger partial charge in [0.1, 0.15) is 4.90 Å². The first-order valence-electron chi connectivity index (χ1n) is 6.78. The van der Waals surface area contributed by atoms with Crippen molar-refractivity contribution in [2.45, 2.75) is 37.7 Å². The Morgan fingerprint density at radius 3 is 2.45 bits per heavy atom. The van der Waals surface area contributed by atoms with Crippen molar-refractivity contribution in [2.75, 3.05) is 25.4 Å². The number of piperidine rings is 1. The predicted octanol–water partition coefficient (Wildman–Crippen LogP) is 0.500. The number of aromatic nitrogens is 2. The monoisotopic (exact) mass is 302 g/mol. The summed E-state index contributed by atoms with van der Waals surface area (Å²) >= 11 is 0. The first-order valence-corrected chi connectivity index (χ1v) is 8.22. The van der Waals surface area contributed by atoms with Crippen LogP contribution in [0.2, 0.25) is 0 Å². The Bertz CT molecular complexity index is 574. The normalized spacial score (nSPS) is 18.6. The second-order valence-corrected chi connectivity index (χ2v) is 6.86. The van der Waals surface area contributed by atoms with E-state index in [1.807, 2.05) is 6.92 Å². The Morgan fingerprint density at radius 2 is 2.00 bits per heavy atom. The number of nitrogens with two attached hydrogens (primary N) is 1. The molecule has 2 heterocycles. The van der Waals surface area contributed by atoms with Gasteiger partial charge >= 0.3 is 0 Å². The standard InChI is InChI=1S/C12H22N4O3S/c1-4-19-10-5-7-16(8-6-10)20(17,18)11-9(2)15(3)14-12(11)13/h10H,4-8H2,1-3H3,(H2,13,14). The second-order valence-electron chi connectivity index (χ2n) is 4.98. The van der Waals surface area contributed by atoms with Gasteiger partial charge in [-0.05, 0) is 26.7 Å². The molecule has 0 bridgehead atoms. The molecule has 114 valence electrons. The number of anilines is 1. The van der Waals surface area contributed by atoms with Crippen molar-refractivity contribution in [3.63, 3.8) is 0 Å². The van der Waals surface area contributed by atoms with E-state index in [4.69, 9.17) is 10.5 Å². The molecule has 2 N–H and O–H groups in total. The number of hydrogen-bond donors (Lipinski definition) is 1. The fourth-order valence-corrected chi connectivity index (χ4v) is 4.30. The number of ether oxygens (including phenoxy) is 1. The third kappa shape index (κ3) is 2.68. The summed E-state index contributed by atoms with van der Waals surface area (Å²) in [6.45, 7) is 5.24. The average molecular weight is 302 g/mol. The van der Waals surface area contributed by atoms with Crippen LogP contribution in [0.25, 0.3) is 0 Å². The molecule has 0 unspecified atom stereocenters. The van der Waals surface area contributed by atoms with E-state index in [9.17, 15) is 8.42 Å². The van der Waals surface area contributed by atoms with Crippen LogP contribution in [-0.4, -0.2) is 48.3 Å². The molecule has 20 heavy (non-hydrogen) atoms. The Morgan fingerprint density at radius 1 is 1.40 bits per heavy atom. The average Bonchev–Trinajstić information content (AvgIpc) is 2.64. The molecule has 1 aliphatic rings. The Balaban J connectivity index is 2.20. The molecule has 0 amide bonds. The van der Waals surface area contributed by atoms with Gasteiger partial charge in [-0.25, -0.2) is 8.42 Å². The quantitative estimate of drug-likeness (QED) is 0.874. The van der Waals surface area contributed by atoms with Crippen molar-refractivity contribution in [2.24, 2.45) is 7.05 Å². The van der Waals surface area contributed by atoms with Crippen LogP contribution in [0.15, 0.2) is 4.90 Å². The molecular formula is C12H22N4O3S. The molecule has 2 rings (SSSR count). The lowest BCUT2D eigenvalue weighted by Gasteiger charge is -2.30. The van der Waals surface area contributed by atoms with Crippen LogP contribution in [0, 0.1) is 6.92 Å². The van der Waals surface area contributed by atoms with Gasteiger partial charge in [0.2, 0.25) is 10.0 Å².